The van der Waals surface area contributed by atoms with Crippen LogP contribution in [0.3, 0.4) is 0 Å². The summed E-state index contributed by atoms with van der Waals surface area (Å²) < 4.78 is 44.9. The zero-order valence-corrected chi connectivity index (χ0v) is 15.6. The van der Waals surface area contributed by atoms with Gasteiger partial charge in [0.05, 0.1) is 18.2 Å². The molecule has 0 bridgehead atoms. The first-order valence-electron chi connectivity index (χ1n) is 7.91. The highest BCUT2D eigenvalue weighted by Crippen LogP contribution is 2.36. The summed E-state index contributed by atoms with van der Waals surface area (Å²) in [5, 5.41) is 9.63. The van der Waals surface area contributed by atoms with Crippen LogP contribution < -0.4 is 0 Å². The molecule has 3 nitrogen and oxygen atoms in total. The number of aliphatic hydroxyl groups excluding tert-OH is 1. The molecule has 0 aliphatic carbocycles. The van der Waals surface area contributed by atoms with Crippen LogP contribution in [-0.2, 0) is 17.3 Å². The van der Waals surface area contributed by atoms with Crippen LogP contribution in [0.5, 0.6) is 0 Å². The Morgan fingerprint density at radius 2 is 1.92 bits per heavy atom. The van der Waals surface area contributed by atoms with Gasteiger partial charge in [0.25, 0.3) is 0 Å². The molecule has 0 amide bonds. The van der Waals surface area contributed by atoms with E-state index in [1.54, 1.807) is 18.2 Å². The van der Waals surface area contributed by atoms with Crippen molar-refractivity contribution < 1.29 is 27.8 Å². The first kappa shape index (κ1) is 20.5. The molecule has 1 unspecified atom stereocenters. The highest BCUT2D eigenvalue weighted by Gasteiger charge is 2.34. The molecule has 140 valence electrons. The number of aryl methyl sites for hydroxylation is 1. The Balaban J connectivity index is 2.19. The summed E-state index contributed by atoms with van der Waals surface area (Å²) in [7, 11) is 1.29. The summed E-state index contributed by atoms with van der Waals surface area (Å²) in [6.45, 7) is -0.384. The zero-order valence-electron chi connectivity index (χ0n) is 14.0. The first-order chi connectivity index (χ1) is 12.3. The van der Waals surface area contributed by atoms with Crippen molar-refractivity contribution in [2.45, 2.75) is 24.9 Å². The maximum atomic E-state index is 13.2. The van der Waals surface area contributed by atoms with Crippen LogP contribution in [0, 0.1) is 0 Å². The molecular formula is C19H18BrF3O3. The summed E-state index contributed by atoms with van der Waals surface area (Å²) in [5.41, 5.74) is 0.578. The maximum Gasteiger partial charge on any atom is 0.416 e. The minimum atomic E-state index is -4.47. The Hall–Kier alpha value is -1.86. The number of ether oxygens (including phenoxy) is 1. The smallest absolute Gasteiger partial charge is 0.416 e. The van der Waals surface area contributed by atoms with Gasteiger partial charge in [-0.1, -0.05) is 40.2 Å². The lowest BCUT2D eigenvalue weighted by Gasteiger charge is -2.20. The van der Waals surface area contributed by atoms with Gasteiger partial charge in [-0.15, -0.1) is 0 Å². The summed E-state index contributed by atoms with van der Waals surface area (Å²) in [6, 6.07) is 10.2. The van der Waals surface area contributed by atoms with E-state index >= 15 is 0 Å². The van der Waals surface area contributed by atoms with E-state index in [-0.39, 0.29) is 12.2 Å². The van der Waals surface area contributed by atoms with Crippen molar-refractivity contribution >= 4 is 21.9 Å². The van der Waals surface area contributed by atoms with Gasteiger partial charge in [0.1, 0.15) is 0 Å². The van der Waals surface area contributed by atoms with Crippen LogP contribution in [0.2, 0.25) is 0 Å². The van der Waals surface area contributed by atoms with Gasteiger partial charge < -0.3 is 9.84 Å². The molecule has 2 aromatic carbocycles. The fourth-order valence-corrected chi connectivity index (χ4v) is 3.36. The van der Waals surface area contributed by atoms with Crippen LogP contribution in [0.15, 0.2) is 46.9 Å². The Morgan fingerprint density at radius 3 is 2.50 bits per heavy atom. The normalized spacial score (nSPS) is 12.7. The SMILES string of the molecule is COC(=O)c1ccc(CCC(CO)c2ccccc2C(F)(F)F)c(Br)c1. The third kappa shape index (κ3) is 4.86. The van der Waals surface area contributed by atoms with E-state index in [0.717, 1.165) is 11.6 Å². The van der Waals surface area contributed by atoms with Gasteiger partial charge in [-0.25, -0.2) is 4.79 Å². The zero-order chi connectivity index (χ0) is 19.3. The molecular weight excluding hydrogens is 413 g/mol. The van der Waals surface area contributed by atoms with E-state index in [0.29, 0.717) is 22.9 Å². The molecule has 0 aliphatic rings. The summed E-state index contributed by atoms with van der Waals surface area (Å²) in [4.78, 5) is 11.5. The number of alkyl halides is 3. The van der Waals surface area contributed by atoms with Gasteiger partial charge in [-0.05, 0) is 42.2 Å². The highest BCUT2D eigenvalue weighted by molar-refractivity contribution is 9.10. The van der Waals surface area contributed by atoms with Crippen LogP contribution in [-0.4, -0.2) is 24.8 Å². The number of carbonyl (C=O) groups excluding carboxylic acids is 1. The van der Waals surface area contributed by atoms with Gasteiger partial charge in [0.2, 0.25) is 0 Å². The van der Waals surface area contributed by atoms with Crippen LogP contribution in [0.4, 0.5) is 13.2 Å². The Kier molecular flexibility index (Phi) is 6.83. The van der Waals surface area contributed by atoms with E-state index in [4.69, 9.17) is 0 Å². The molecule has 0 radical (unpaired) electrons. The molecule has 0 saturated heterocycles. The average Bonchev–Trinajstić information content (AvgIpc) is 2.62. The first-order valence-corrected chi connectivity index (χ1v) is 8.71. The van der Waals surface area contributed by atoms with Crippen molar-refractivity contribution in [3.8, 4) is 0 Å². The molecule has 2 rings (SSSR count). The summed E-state index contributed by atoms with van der Waals surface area (Å²) >= 11 is 3.37. The van der Waals surface area contributed by atoms with E-state index in [1.807, 2.05) is 0 Å². The fourth-order valence-electron chi connectivity index (χ4n) is 2.78. The molecule has 1 N–H and O–H groups in total. The number of esters is 1. The van der Waals surface area contributed by atoms with Gasteiger partial charge in [0.15, 0.2) is 0 Å². The predicted molar refractivity (Wildman–Crippen MR) is 95.1 cm³/mol. The number of carbonyl (C=O) groups is 1. The van der Waals surface area contributed by atoms with Crippen LogP contribution in [0.25, 0.3) is 0 Å². The third-order valence-electron chi connectivity index (χ3n) is 4.16. The lowest BCUT2D eigenvalue weighted by molar-refractivity contribution is -0.138. The van der Waals surface area contributed by atoms with Crippen molar-refractivity contribution in [2.24, 2.45) is 0 Å². The van der Waals surface area contributed by atoms with Crippen LogP contribution >= 0.6 is 15.9 Å². The Labute approximate surface area is 157 Å². The predicted octanol–water partition coefficient (Wildman–Crippen LogP) is 4.96. The van der Waals surface area contributed by atoms with Gasteiger partial charge >= 0.3 is 12.1 Å². The quantitative estimate of drug-likeness (QED) is 0.658. The second-order valence-corrected chi connectivity index (χ2v) is 6.66. The number of methoxy groups -OCH3 is 1. The second kappa shape index (κ2) is 8.68. The van der Waals surface area contributed by atoms with Crippen molar-refractivity contribution in [3.05, 3.63) is 69.2 Å². The van der Waals surface area contributed by atoms with Gasteiger partial charge in [0, 0.05) is 17.0 Å². The molecule has 7 heteroatoms. The Morgan fingerprint density at radius 1 is 1.23 bits per heavy atom. The topological polar surface area (TPSA) is 46.5 Å². The van der Waals surface area contributed by atoms with Crippen molar-refractivity contribution in [1.29, 1.82) is 0 Å². The fraction of sp³-hybridized carbons (Fsp3) is 0.316. The van der Waals surface area contributed by atoms with Crippen molar-refractivity contribution in [2.75, 3.05) is 13.7 Å². The summed E-state index contributed by atoms with van der Waals surface area (Å²) in [6.07, 6.45) is -3.69. The monoisotopic (exact) mass is 430 g/mol. The van der Waals surface area contributed by atoms with E-state index in [1.165, 1.54) is 25.3 Å². The Bertz CT molecular complexity index is 775. The van der Waals surface area contributed by atoms with Crippen molar-refractivity contribution in [1.82, 2.24) is 0 Å². The molecule has 0 saturated carbocycles. The summed E-state index contributed by atoms with van der Waals surface area (Å²) in [5.74, 6) is -1.11. The largest absolute Gasteiger partial charge is 0.465 e. The number of rotatable bonds is 6. The highest BCUT2D eigenvalue weighted by atomic mass is 79.9. The second-order valence-electron chi connectivity index (χ2n) is 5.80. The number of benzene rings is 2. The standard InChI is InChI=1S/C19H18BrF3O3/c1-26-18(25)13-8-6-12(17(20)10-13)7-9-14(11-24)15-4-2-3-5-16(15)19(21,22)23/h2-6,8,10,14,24H,7,9,11H2,1H3. The minimum Gasteiger partial charge on any atom is -0.465 e. The van der Waals surface area contributed by atoms with E-state index in [2.05, 4.69) is 20.7 Å². The molecule has 0 heterocycles. The number of aliphatic hydroxyl groups is 1. The molecule has 0 fully saturated rings. The maximum absolute atomic E-state index is 13.2. The molecule has 0 aliphatic heterocycles. The number of hydrogen-bond donors (Lipinski definition) is 1. The van der Waals surface area contributed by atoms with Gasteiger partial charge in [-0.3, -0.25) is 0 Å². The molecule has 0 spiro atoms. The minimum absolute atomic E-state index is 0.0878. The lowest BCUT2D eigenvalue weighted by atomic mass is 9.89. The van der Waals surface area contributed by atoms with Gasteiger partial charge in [-0.2, -0.15) is 13.2 Å². The molecule has 1 atom stereocenters. The van der Waals surface area contributed by atoms with Crippen LogP contribution in [0.1, 0.15) is 39.4 Å². The number of hydrogen-bond acceptors (Lipinski definition) is 3. The number of halogens is 4. The third-order valence-corrected chi connectivity index (χ3v) is 4.90. The van der Waals surface area contributed by atoms with E-state index in [9.17, 15) is 23.1 Å². The molecule has 2 aromatic rings. The molecule has 0 aromatic heterocycles. The van der Waals surface area contributed by atoms with Crippen molar-refractivity contribution in [3.63, 3.8) is 0 Å². The van der Waals surface area contributed by atoms with E-state index < -0.39 is 23.6 Å². The molecule has 26 heavy (non-hydrogen) atoms. The lowest BCUT2D eigenvalue weighted by Crippen LogP contribution is -2.15. The average molecular weight is 431 g/mol.